The molecule has 5 aromatic rings. The van der Waals surface area contributed by atoms with Crippen LogP contribution >= 0.6 is 0 Å². The van der Waals surface area contributed by atoms with E-state index >= 15 is 0 Å². The summed E-state index contributed by atoms with van der Waals surface area (Å²) in [6.07, 6.45) is 4.39. The van der Waals surface area contributed by atoms with Gasteiger partial charge in [-0.3, -0.25) is 4.79 Å². The SMILES string of the molecule is [C-]#[N+]c1cnn(-c2ncccn2)c1N=Nc1c(O)c(C(=O)Nc2ccccc2OC)cc2ccccc12. The number of fused-ring (bicyclic) bond motifs is 1. The normalized spacial score (nSPS) is 10.9. The highest BCUT2D eigenvalue weighted by atomic mass is 16.5. The predicted octanol–water partition coefficient (Wildman–Crippen LogP) is 5.75. The lowest BCUT2D eigenvalue weighted by Crippen LogP contribution is -2.13. The number of rotatable bonds is 6. The summed E-state index contributed by atoms with van der Waals surface area (Å²) in [5.41, 5.74) is 0.606. The van der Waals surface area contributed by atoms with Crippen molar-refractivity contribution in [3.05, 3.63) is 96.2 Å². The number of carbonyl (C=O) groups excluding carboxylic acids is 1. The number of para-hydroxylation sites is 2. The average Bonchev–Trinajstić information content (AvgIpc) is 3.36. The molecule has 0 aliphatic heterocycles. The molecule has 37 heavy (non-hydrogen) atoms. The molecule has 0 radical (unpaired) electrons. The molecule has 0 spiro atoms. The van der Waals surface area contributed by atoms with Gasteiger partial charge in [-0.05, 0) is 29.7 Å². The van der Waals surface area contributed by atoms with Crippen LogP contribution in [0.3, 0.4) is 0 Å². The summed E-state index contributed by atoms with van der Waals surface area (Å²) in [5, 5.41) is 27.8. The highest BCUT2D eigenvalue weighted by molar-refractivity contribution is 6.12. The molecule has 2 heterocycles. The lowest BCUT2D eigenvalue weighted by atomic mass is 10.0. The Kier molecular flexibility index (Phi) is 6.21. The lowest BCUT2D eigenvalue weighted by molar-refractivity contribution is 0.102. The first-order valence-electron chi connectivity index (χ1n) is 10.9. The van der Waals surface area contributed by atoms with E-state index < -0.39 is 5.91 Å². The van der Waals surface area contributed by atoms with Gasteiger partial charge in [0.05, 0.1) is 31.1 Å². The lowest BCUT2D eigenvalue weighted by Gasteiger charge is -2.13. The van der Waals surface area contributed by atoms with E-state index in [1.807, 2.05) is 0 Å². The second-order valence-corrected chi connectivity index (χ2v) is 7.62. The van der Waals surface area contributed by atoms with Crippen molar-refractivity contribution in [1.82, 2.24) is 19.7 Å². The number of carbonyl (C=O) groups is 1. The van der Waals surface area contributed by atoms with E-state index in [1.165, 1.54) is 30.4 Å². The van der Waals surface area contributed by atoms with E-state index in [2.05, 4.69) is 35.5 Å². The number of azo groups is 1. The van der Waals surface area contributed by atoms with Crippen molar-refractivity contribution < 1.29 is 14.6 Å². The van der Waals surface area contributed by atoms with Crippen molar-refractivity contribution in [2.45, 2.75) is 0 Å². The van der Waals surface area contributed by atoms with Crippen LogP contribution in [0.4, 0.5) is 22.9 Å². The fourth-order valence-electron chi connectivity index (χ4n) is 3.68. The highest BCUT2D eigenvalue weighted by Gasteiger charge is 2.20. The van der Waals surface area contributed by atoms with E-state index in [-0.39, 0.29) is 34.5 Å². The van der Waals surface area contributed by atoms with Crippen LogP contribution < -0.4 is 10.1 Å². The maximum absolute atomic E-state index is 13.2. The topological polar surface area (TPSA) is 131 Å². The molecule has 5 rings (SSSR count). The molecular weight excluding hydrogens is 472 g/mol. The van der Waals surface area contributed by atoms with Crippen molar-refractivity contribution >= 4 is 39.6 Å². The van der Waals surface area contributed by atoms with Crippen molar-refractivity contribution in [3.63, 3.8) is 0 Å². The zero-order valence-corrected chi connectivity index (χ0v) is 19.4. The molecule has 11 nitrogen and oxygen atoms in total. The molecule has 2 aromatic heterocycles. The number of benzene rings is 3. The Morgan fingerprint density at radius 1 is 1.08 bits per heavy atom. The van der Waals surface area contributed by atoms with Gasteiger partial charge in [-0.1, -0.05) is 36.4 Å². The Bertz CT molecular complexity index is 1690. The van der Waals surface area contributed by atoms with Crippen LogP contribution in [0, 0.1) is 6.57 Å². The second kappa shape index (κ2) is 9.93. The number of hydrogen-bond donors (Lipinski definition) is 2. The molecule has 2 N–H and O–H groups in total. The highest BCUT2D eigenvalue weighted by Crippen LogP contribution is 2.41. The zero-order chi connectivity index (χ0) is 25.8. The van der Waals surface area contributed by atoms with Gasteiger partial charge in [0, 0.05) is 17.8 Å². The fraction of sp³-hybridized carbons (Fsp3) is 0.0385. The molecule has 0 atom stereocenters. The quantitative estimate of drug-likeness (QED) is 0.230. The third-order valence-electron chi connectivity index (χ3n) is 5.43. The van der Waals surface area contributed by atoms with Crippen LogP contribution in [0.5, 0.6) is 11.5 Å². The molecule has 0 bridgehead atoms. The van der Waals surface area contributed by atoms with E-state index in [0.29, 0.717) is 22.2 Å². The van der Waals surface area contributed by atoms with Gasteiger partial charge >= 0.3 is 0 Å². The minimum absolute atomic E-state index is 0.0103. The molecule has 11 heteroatoms. The summed E-state index contributed by atoms with van der Waals surface area (Å²) >= 11 is 0. The van der Waals surface area contributed by atoms with Crippen molar-refractivity contribution in [2.75, 3.05) is 12.4 Å². The molecule has 0 saturated heterocycles. The number of methoxy groups -OCH3 is 1. The summed E-state index contributed by atoms with van der Waals surface area (Å²) in [4.78, 5) is 24.9. The monoisotopic (exact) mass is 490 g/mol. The third-order valence-corrected chi connectivity index (χ3v) is 5.43. The van der Waals surface area contributed by atoms with Crippen LogP contribution in [0.25, 0.3) is 21.6 Å². The van der Waals surface area contributed by atoms with Crippen LogP contribution in [0.2, 0.25) is 0 Å². The van der Waals surface area contributed by atoms with E-state index in [1.54, 1.807) is 60.7 Å². The maximum atomic E-state index is 13.2. The Labute approximate surface area is 210 Å². The molecule has 0 unspecified atom stereocenters. The minimum atomic E-state index is -0.561. The van der Waals surface area contributed by atoms with Gasteiger partial charge in [-0.2, -0.15) is 9.78 Å². The van der Waals surface area contributed by atoms with Crippen molar-refractivity contribution in [3.8, 4) is 17.4 Å². The maximum Gasteiger partial charge on any atom is 0.259 e. The third kappa shape index (κ3) is 4.42. The number of aromatic hydroxyl groups is 1. The molecule has 0 aliphatic carbocycles. The van der Waals surface area contributed by atoms with Crippen LogP contribution in [-0.2, 0) is 0 Å². The number of hydrogen-bond acceptors (Lipinski definition) is 8. The van der Waals surface area contributed by atoms with Crippen molar-refractivity contribution in [1.29, 1.82) is 0 Å². The minimum Gasteiger partial charge on any atom is -0.505 e. The summed E-state index contributed by atoms with van der Waals surface area (Å²) in [5.74, 6) is -0.187. The summed E-state index contributed by atoms with van der Waals surface area (Å²) < 4.78 is 6.57. The molecule has 0 saturated carbocycles. The van der Waals surface area contributed by atoms with E-state index in [0.717, 1.165) is 0 Å². The van der Waals surface area contributed by atoms with Gasteiger partial charge in [0.25, 0.3) is 17.5 Å². The first-order valence-corrected chi connectivity index (χ1v) is 10.9. The Morgan fingerprint density at radius 3 is 2.62 bits per heavy atom. The Morgan fingerprint density at radius 2 is 1.84 bits per heavy atom. The van der Waals surface area contributed by atoms with Crippen LogP contribution in [-0.4, -0.2) is 37.9 Å². The molecule has 0 fully saturated rings. The van der Waals surface area contributed by atoms with Gasteiger partial charge in [0.2, 0.25) is 0 Å². The van der Waals surface area contributed by atoms with Crippen LogP contribution in [0.15, 0.2) is 89.5 Å². The smallest absolute Gasteiger partial charge is 0.259 e. The first kappa shape index (κ1) is 23.1. The molecule has 0 aliphatic rings. The zero-order valence-electron chi connectivity index (χ0n) is 19.4. The Balaban J connectivity index is 1.61. The summed E-state index contributed by atoms with van der Waals surface area (Å²) in [6.45, 7) is 7.46. The predicted molar refractivity (Wildman–Crippen MR) is 136 cm³/mol. The molecule has 180 valence electrons. The number of anilines is 1. The van der Waals surface area contributed by atoms with Gasteiger partial charge in [0.1, 0.15) is 11.4 Å². The van der Waals surface area contributed by atoms with E-state index in [4.69, 9.17) is 11.3 Å². The molecule has 1 amide bonds. The van der Waals surface area contributed by atoms with Gasteiger partial charge in [-0.15, -0.1) is 10.2 Å². The molecule has 3 aromatic carbocycles. The number of ether oxygens (including phenoxy) is 1. The van der Waals surface area contributed by atoms with E-state index in [9.17, 15) is 9.90 Å². The number of amides is 1. The van der Waals surface area contributed by atoms with Gasteiger partial charge < -0.3 is 15.2 Å². The first-order chi connectivity index (χ1) is 18.1. The number of phenolic OH excluding ortho intramolecular Hbond substituents is 1. The average molecular weight is 490 g/mol. The number of nitrogens with one attached hydrogen (secondary N) is 1. The standard InChI is InChI=1S/C26H18N8O3/c1-27-20-15-30-34(26-28-12-7-13-29-26)24(20)33-32-22-17-9-4-3-8-16(17)14-18(23(22)35)25(36)31-19-10-5-6-11-21(19)37-2/h3-15,35H,2H3,(H,31,36). The Hall–Kier alpha value is -5.63. The summed E-state index contributed by atoms with van der Waals surface area (Å²) in [7, 11) is 1.50. The van der Waals surface area contributed by atoms with Gasteiger partial charge in [-0.25, -0.2) is 14.8 Å². The number of phenols is 1. The largest absolute Gasteiger partial charge is 0.505 e. The fourth-order valence-corrected chi connectivity index (χ4v) is 3.68. The number of aromatic nitrogens is 4. The van der Waals surface area contributed by atoms with Gasteiger partial charge in [0.15, 0.2) is 11.6 Å². The molecular formula is C26H18N8O3. The number of nitrogens with zero attached hydrogens (tertiary/aromatic N) is 7. The summed E-state index contributed by atoms with van der Waals surface area (Å²) in [6, 6.07) is 17.3. The van der Waals surface area contributed by atoms with Crippen molar-refractivity contribution in [2.24, 2.45) is 10.2 Å². The van der Waals surface area contributed by atoms with Crippen LogP contribution in [0.1, 0.15) is 10.4 Å². The second-order valence-electron chi connectivity index (χ2n) is 7.62.